The molecular weight excluding hydrogens is 326 g/mol. The molecule has 1 N–H and O–H groups in total. The van der Waals surface area contributed by atoms with E-state index in [2.05, 4.69) is 21.2 Å². The molecule has 2 aromatic carbocycles. The predicted octanol–water partition coefficient (Wildman–Crippen LogP) is 4.97. The predicted molar refractivity (Wildman–Crippen MR) is 83.0 cm³/mol. The summed E-state index contributed by atoms with van der Waals surface area (Å²) in [7, 11) is 0. The Hall–Kier alpha value is -1.32. The molecule has 0 fully saturated rings. The molecule has 0 aliphatic heterocycles. The second-order valence-corrected chi connectivity index (χ2v) is 5.78. The maximum Gasteiger partial charge on any atom is 0.255 e. The van der Waals surface area contributed by atoms with Gasteiger partial charge in [-0.25, -0.2) is 0 Å². The van der Waals surface area contributed by atoms with Crippen molar-refractivity contribution in [1.82, 2.24) is 0 Å². The van der Waals surface area contributed by atoms with Gasteiger partial charge in [-0.2, -0.15) is 0 Å². The summed E-state index contributed by atoms with van der Waals surface area (Å²) in [5.74, 6) is -0.170. The van der Waals surface area contributed by atoms with Crippen molar-refractivity contribution in [3.05, 3.63) is 62.6 Å². The Morgan fingerprint density at radius 3 is 2.53 bits per heavy atom. The average Bonchev–Trinajstić information content (AvgIpc) is 2.32. The maximum absolute atomic E-state index is 12.2. The van der Waals surface area contributed by atoms with Crippen molar-refractivity contribution in [1.29, 1.82) is 0 Å². The van der Waals surface area contributed by atoms with Crippen molar-refractivity contribution in [3.8, 4) is 0 Å². The Balaban J connectivity index is 2.28. The number of hydrogen-bond donors (Lipinski definition) is 1. The number of anilines is 1. The molecule has 0 saturated carbocycles. The second-order valence-electron chi connectivity index (χ2n) is 4.45. The van der Waals surface area contributed by atoms with Crippen LogP contribution in [0.1, 0.15) is 21.5 Å². The quantitative estimate of drug-likeness (QED) is 0.823. The third-order valence-electron chi connectivity index (χ3n) is 2.67. The van der Waals surface area contributed by atoms with Gasteiger partial charge in [0.1, 0.15) is 0 Å². The standard InChI is InChI=1S/C15H13BrClNO/c1-9-3-4-13(17)14(7-9)18-15(19)11-5-10(2)6-12(16)8-11/h3-8H,1-2H3,(H,18,19). The smallest absolute Gasteiger partial charge is 0.255 e. The van der Waals surface area contributed by atoms with Crippen LogP contribution in [0.4, 0.5) is 5.69 Å². The van der Waals surface area contributed by atoms with E-state index in [4.69, 9.17) is 11.6 Å². The van der Waals surface area contributed by atoms with Crippen LogP contribution in [0.3, 0.4) is 0 Å². The van der Waals surface area contributed by atoms with Crippen molar-refractivity contribution in [2.45, 2.75) is 13.8 Å². The van der Waals surface area contributed by atoms with Gasteiger partial charge in [0.25, 0.3) is 5.91 Å². The summed E-state index contributed by atoms with van der Waals surface area (Å²) in [6.07, 6.45) is 0. The van der Waals surface area contributed by atoms with Crippen molar-refractivity contribution in [2.75, 3.05) is 5.32 Å². The zero-order chi connectivity index (χ0) is 14.0. The first-order valence-corrected chi connectivity index (χ1v) is 6.97. The van der Waals surface area contributed by atoms with Crippen LogP contribution in [-0.2, 0) is 0 Å². The van der Waals surface area contributed by atoms with Gasteiger partial charge in [0.2, 0.25) is 0 Å². The minimum atomic E-state index is -0.170. The molecule has 2 rings (SSSR count). The number of halogens is 2. The Bertz CT molecular complexity index is 620. The van der Waals surface area contributed by atoms with Gasteiger partial charge in [0, 0.05) is 10.0 Å². The topological polar surface area (TPSA) is 29.1 Å². The molecular formula is C15H13BrClNO. The molecule has 19 heavy (non-hydrogen) atoms. The SMILES string of the molecule is Cc1cc(Br)cc(C(=O)Nc2cc(C)ccc2Cl)c1. The molecule has 0 atom stereocenters. The largest absolute Gasteiger partial charge is 0.321 e. The van der Waals surface area contributed by atoms with E-state index in [0.29, 0.717) is 16.3 Å². The third kappa shape index (κ3) is 3.58. The normalized spacial score (nSPS) is 10.3. The highest BCUT2D eigenvalue weighted by Gasteiger charge is 2.09. The zero-order valence-electron chi connectivity index (χ0n) is 10.6. The van der Waals surface area contributed by atoms with Gasteiger partial charge >= 0.3 is 0 Å². The van der Waals surface area contributed by atoms with Crippen LogP contribution in [0.15, 0.2) is 40.9 Å². The van der Waals surface area contributed by atoms with E-state index in [-0.39, 0.29) is 5.91 Å². The Morgan fingerprint density at radius 1 is 1.11 bits per heavy atom. The molecule has 0 aliphatic rings. The minimum absolute atomic E-state index is 0.170. The number of carbonyl (C=O) groups excluding carboxylic acids is 1. The van der Waals surface area contributed by atoms with Gasteiger partial charge in [-0.05, 0) is 55.3 Å². The van der Waals surface area contributed by atoms with Gasteiger partial charge in [0.05, 0.1) is 10.7 Å². The van der Waals surface area contributed by atoms with Crippen LogP contribution in [0, 0.1) is 13.8 Å². The van der Waals surface area contributed by atoms with Crippen molar-refractivity contribution < 1.29 is 4.79 Å². The van der Waals surface area contributed by atoms with Gasteiger partial charge in [-0.15, -0.1) is 0 Å². The molecule has 0 unspecified atom stereocenters. The number of benzene rings is 2. The molecule has 0 heterocycles. The molecule has 2 aromatic rings. The fourth-order valence-electron chi connectivity index (χ4n) is 1.80. The summed E-state index contributed by atoms with van der Waals surface area (Å²) >= 11 is 9.45. The molecule has 0 aliphatic carbocycles. The van der Waals surface area contributed by atoms with E-state index in [9.17, 15) is 4.79 Å². The third-order valence-corrected chi connectivity index (χ3v) is 3.46. The van der Waals surface area contributed by atoms with Gasteiger partial charge in [-0.3, -0.25) is 4.79 Å². The lowest BCUT2D eigenvalue weighted by atomic mass is 10.1. The molecule has 2 nitrogen and oxygen atoms in total. The van der Waals surface area contributed by atoms with Crippen molar-refractivity contribution in [3.63, 3.8) is 0 Å². The summed E-state index contributed by atoms with van der Waals surface area (Å²) < 4.78 is 0.882. The number of hydrogen-bond acceptors (Lipinski definition) is 1. The van der Waals surface area contributed by atoms with Crippen LogP contribution < -0.4 is 5.32 Å². The van der Waals surface area contributed by atoms with Crippen LogP contribution in [0.25, 0.3) is 0 Å². The molecule has 4 heteroatoms. The fraction of sp³-hybridized carbons (Fsp3) is 0.133. The lowest BCUT2D eigenvalue weighted by Crippen LogP contribution is -2.12. The number of aryl methyl sites for hydroxylation is 2. The highest BCUT2D eigenvalue weighted by molar-refractivity contribution is 9.10. The summed E-state index contributed by atoms with van der Waals surface area (Å²) in [6.45, 7) is 3.90. The van der Waals surface area contributed by atoms with Crippen LogP contribution in [-0.4, -0.2) is 5.91 Å². The Morgan fingerprint density at radius 2 is 1.84 bits per heavy atom. The number of rotatable bonds is 2. The van der Waals surface area contributed by atoms with Crippen LogP contribution in [0.2, 0.25) is 5.02 Å². The van der Waals surface area contributed by atoms with Gasteiger partial charge < -0.3 is 5.32 Å². The molecule has 0 bridgehead atoms. The summed E-state index contributed by atoms with van der Waals surface area (Å²) in [4.78, 5) is 12.2. The van der Waals surface area contributed by atoms with Crippen molar-refractivity contribution in [2.24, 2.45) is 0 Å². The summed E-state index contributed by atoms with van der Waals surface area (Å²) in [6, 6.07) is 11.1. The van der Waals surface area contributed by atoms with Gasteiger partial charge in [-0.1, -0.05) is 33.6 Å². The maximum atomic E-state index is 12.2. The molecule has 1 amide bonds. The highest BCUT2D eigenvalue weighted by atomic mass is 79.9. The number of nitrogens with one attached hydrogen (secondary N) is 1. The Labute approximate surface area is 125 Å². The van der Waals surface area contributed by atoms with E-state index < -0.39 is 0 Å². The average molecular weight is 339 g/mol. The zero-order valence-corrected chi connectivity index (χ0v) is 13.0. The van der Waals surface area contributed by atoms with E-state index >= 15 is 0 Å². The van der Waals surface area contributed by atoms with E-state index in [1.165, 1.54) is 0 Å². The first-order valence-electron chi connectivity index (χ1n) is 5.80. The van der Waals surface area contributed by atoms with Crippen molar-refractivity contribution >= 4 is 39.1 Å². The van der Waals surface area contributed by atoms with Gasteiger partial charge in [0.15, 0.2) is 0 Å². The van der Waals surface area contributed by atoms with E-state index in [1.807, 2.05) is 38.1 Å². The first-order chi connectivity index (χ1) is 8.95. The van der Waals surface area contributed by atoms with E-state index in [1.54, 1.807) is 12.1 Å². The lowest BCUT2D eigenvalue weighted by molar-refractivity contribution is 0.102. The summed E-state index contributed by atoms with van der Waals surface area (Å²) in [5, 5.41) is 3.36. The number of carbonyl (C=O) groups is 1. The van der Waals surface area contributed by atoms with E-state index in [0.717, 1.165) is 15.6 Å². The molecule has 98 valence electrons. The fourth-order valence-corrected chi connectivity index (χ4v) is 2.57. The van der Waals surface area contributed by atoms with Crippen LogP contribution >= 0.6 is 27.5 Å². The molecule has 0 radical (unpaired) electrons. The summed E-state index contributed by atoms with van der Waals surface area (Å²) in [5.41, 5.74) is 3.30. The molecule has 0 aromatic heterocycles. The molecule has 0 spiro atoms. The first kappa shape index (κ1) is 14.1. The Kier molecular flexibility index (Phi) is 4.27. The lowest BCUT2D eigenvalue weighted by Gasteiger charge is -2.09. The highest BCUT2D eigenvalue weighted by Crippen LogP contribution is 2.24. The second kappa shape index (κ2) is 5.76. The minimum Gasteiger partial charge on any atom is -0.321 e. The number of amides is 1. The monoisotopic (exact) mass is 337 g/mol. The van der Waals surface area contributed by atoms with Crippen LogP contribution in [0.5, 0.6) is 0 Å². The molecule has 0 saturated heterocycles.